The minimum atomic E-state index is -0.607. The van der Waals surface area contributed by atoms with Gasteiger partial charge in [-0.25, -0.2) is 14.3 Å². The Bertz CT molecular complexity index is 1070. The zero-order valence-corrected chi connectivity index (χ0v) is 12.4. The van der Waals surface area contributed by atoms with Gasteiger partial charge in [0, 0.05) is 19.3 Å². The minimum Gasteiger partial charge on any atom is -0.268 e. The number of rotatable bonds is 2. The summed E-state index contributed by atoms with van der Waals surface area (Å²) in [4.78, 5) is 39.5. The highest BCUT2D eigenvalue weighted by Gasteiger charge is 2.19. The number of fused-ring (bicyclic) bond motifs is 1. The quantitative estimate of drug-likeness (QED) is 0.524. The second-order valence-corrected chi connectivity index (χ2v) is 5.04. The van der Waals surface area contributed by atoms with Crippen LogP contribution in [0.4, 0.5) is 5.69 Å². The molecule has 3 rings (SSSR count). The van der Waals surface area contributed by atoms with E-state index < -0.39 is 16.2 Å². The lowest BCUT2D eigenvalue weighted by atomic mass is 10.1. The largest absolute Gasteiger partial charge is 0.337 e. The molecule has 0 spiro atoms. The van der Waals surface area contributed by atoms with Gasteiger partial charge in [-0.3, -0.25) is 19.5 Å². The Balaban J connectivity index is 2.52. The molecule has 0 unspecified atom stereocenters. The predicted molar refractivity (Wildman–Crippen MR) is 84.0 cm³/mol. The first-order chi connectivity index (χ1) is 10.9. The molecule has 0 saturated carbocycles. The van der Waals surface area contributed by atoms with Gasteiger partial charge in [-0.15, -0.1) is 0 Å². The first-order valence-corrected chi connectivity index (χ1v) is 6.74. The summed E-state index contributed by atoms with van der Waals surface area (Å²) in [5.74, 6) is 0. The van der Waals surface area contributed by atoms with Crippen molar-refractivity contribution >= 4 is 16.7 Å². The number of nitro benzene ring substituents is 1. The Kier molecular flexibility index (Phi) is 3.29. The smallest absolute Gasteiger partial charge is 0.268 e. The van der Waals surface area contributed by atoms with Crippen LogP contribution in [0.2, 0.25) is 0 Å². The van der Waals surface area contributed by atoms with Gasteiger partial charge in [-0.05, 0) is 25.1 Å². The number of pyridine rings is 1. The maximum absolute atomic E-state index is 12.6. The number of nitro groups is 1. The van der Waals surface area contributed by atoms with E-state index in [4.69, 9.17) is 0 Å². The number of hydrogen-bond donors (Lipinski definition) is 0. The van der Waals surface area contributed by atoms with E-state index in [1.54, 1.807) is 25.1 Å². The van der Waals surface area contributed by atoms with Crippen molar-refractivity contribution in [2.24, 2.45) is 7.05 Å². The van der Waals surface area contributed by atoms with Crippen LogP contribution >= 0.6 is 0 Å². The van der Waals surface area contributed by atoms with Crippen molar-refractivity contribution < 1.29 is 4.92 Å². The molecule has 0 atom stereocenters. The first-order valence-electron chi connectivity index (χ1n) is 6.74. The van der Waals surface area contributed by atoms with Crippen LogP contribution in [0.25, 0.3) is 16.7 Å². The third kappa shape index (κ3) is 2.11. The molecule has 2 aromatic heterocycles. The average molecular weight is 312 g/mol. The van der Waals surface area contributed by atoms with E-state index in [0.717, 1.165) is 4.57 Å². The summed E-state index contributed by atoms with van der Waals surface area (Å²) in [6, 6.07) is 7.60. The fourth-order valence-electron chi connectivity index (χ4n) is 2.52. The van der Waals surface area contributed by atoms with E-state index in [1.165, 1.54) is 29.9 Å². The first kappa shape index (κ1) is 14.6. The SMILES string of the molecule is Cc1c(-n2c(=O)n(C)c(=O)c3cccnc32)cccc1[N+](=O)[O-]. The van der Waals surface area contributed by atoms with Crippen LogP contribution in [0.5, 0.6) is 0 Å². The van der Waals surface area contributed by atoms with Crippen LogP contribution < -0.4 is 11.2 Å². The van der Waals surface area contributed by atoms with Crippen molar-refractivity contribution in [1.29, 1.82) is 0 Å². The summed E-state index contributed by atoms with van der Waals surface area (Å²) in [5, 5.41) is 11.4. The summed E-state index contributed by atoms with van der Waals surface area (Å²) in [5.41, 5.74) is -0.354. The van der Waals surface area contributed by atoms with E-state index in [1.807, 2.05) is 0 Å². The number of aromatic nitrogens is 3. The molecule has 0 saturated heterocycles. The molecule has 0 fully saturated rings. The maximum atomic E-state index is 12.6. The summed E-state index contributed by atoms with van der Waals surface area (Å²) in [6.45, 7) is 1.56. The second kappa shape index (κ2) is 5.16. The molecule has 1 aromatic carbocycles. The third-order valence-electron chi connectivity index (χ3n) is 3.73. The van der Waals surface area contributed by atoms with Crippen LogP contribution in [0, 0.1) is 17.0 Å². The van der Waals surface area contributed by atoms with Gasteiger partial charge in [0.2, 0.25) is 0 Å². The van der Waals surface area contributed by atoms with E-state index in [9.17, 15) is 19.7 Å². The molecule has 116 valence electrons. The van der Waals surface area contributed by atoms with E-state index >= 15 is 0 Å². The van der Waals surface area contributed by atoms with E-state index in [-0.39, 0.29) is 16.7 Å². The van der Waals surface area contributed by atoms with Crippen LogP contribution in [-0.4, -0.2) is 19.0 Å². The van der Waals surface area contributed by atoms with Gasteiger partial charge in [0.25, 0.3) is 11.2 Å². The predicted octanol–water partition coefficient (Wildman–Crippen LogP) is 1.30. The molecule has 0 aliphatic heterocycles. The normalized spacial score (nSPS) is 10.9. The van der Waals surface area contributed by atoms with Crippen molar-refractivity contribution in [2.45, 2.75) is 6.92 Å². The second-order valence-electron chi connectivity index (χ2n) is 5.04. The summed E-state index contributed by atoms with van der Waals surface area (Å²) >= 11 is 0. The molecular formula is C15H12N4O4. The standard InChI is InChI=1S/C15H12N4O4/c1-9-11(6-3-7-12(9)19(22)23)18-13-10(5-4-8-16-13)14(20)17(2)15(18)21/h3-8H,1-2H3. The zero-order chi connectivity index (χ0) is 16.7. The molecule has 8 heteroatoms. The van der Waals surface area contributed by atoms with Gasteiger partial charge >= 0.3 is 5.69 Å². The fraction of sp³-hybridized carbons (Fsp3) is 0.133. The molecule has 3 aromatic rings. The monoisotopic (exact) mass is 312 g/mol. The molecule has 0 radical (unpaired) electrons. The molecule has 0 amide bonds. The molecule has 0 aliphatic carbocycles. The highest BCUT2D eigenvalue weighted by atomic mass is 16.6. The average Bonchev–Trinajstić information content (AvgIpc) is 2.54. The van der Waals surface area contributed by atoms with Gasteiger partial charge in [0.05, 0.1) is 21.6 Å². The molecule has 0 aliphatic rings. The van der Waals surface area contributed by atoms with Crippen molar-refractivity contribution in [3.63, 3.8) is 0 Å². The Morgan fingerprint density at radius 2 is 1.91 bits per heavy atom. The molecule has 2 heterocycles. The number of hydrogen-bond acceptors (Lipinski definition) is 5. The number of benzene rings is 1. The van der Waals surface area contributed by atoms with Gasteiger partial charge in [0.15, 0.2) is 5.65 Å². The van der Waals surface area contributed by atoms with Gasteiger partial charge in [-0.2, -0.15) is 0 Å². The molecule has 0 bridgehead atoms. The maximum Gasteiger partial charge on any atom is 0.337 e. The molecular weight excluding hydrogens is 300 g/mol. The van der Waals surface area contributed by atoms with E-state index in [0.29, 0.717) is 11.3 Å². The Morgan fingerprint density at radius 3 is 2.61 bits per heavy atom. The van der Waals surface area contributed by atoms with Crippen molar-refractivity contribution in [1.82, 2.24) is 14.1 Å². The zero-order valence-electron chi connectivity index (χ0n) is 12.4. The molecule has 0 N–H and O–H groups in total. The summed E-state index contributed by atoms with van der Waals surface area (Å²) in [7, 11) is 1.36. The van der Waals surface area contributed by atoms with Gasteiger partial charge in [-0.1, -0.05) is 6.07 Å². The molecule has 23 heavy (non-hydrogen) atoms. The highest BCUT2D eigenvalue weighted by molar-refractivity contribution is 5.76. The van der Waals surface area contributed by atoms with E-state index in [2.05, 4.69) is 4.98 Å². The van der Waals surface area contributed by atoms with Crippen LogP contribution in [-0.2, 0) is 7.05 Å². The van der Waals surface area contributed by atoms with Gasteiger partial charge in [0.1, 0.15) is 0 Å². The minimum absolute atomic E-state index is 0.104. The van der Waals surface area contributed by atoms with Crippen LogP contribution in [0.1, 0.15) is 5.56 Å². The Morgan fingerprint density at radius 1 is 1.17 bits per heavy atom. The molecule has 8 nitrogen and oxygen atoms in total. The van der Waals surface area contributed by atoms with Gasteiger partial charge < -0.3 is 0 Å². The van der Waals surface area contributed by atoms with Crippen LogP contribution in [0.3, 0.4) is 0 Å². The van der Waals surface area contributed by atoms with Crippen molar-refractivity contribution in [3.8, 4) is 5.69 Å². The Labute approximate surface area is 129 Å². The lowest BCUT2D eigenvalue weighted by molar-refractivity contribution is -0.385. The van der Waals surface area contributed by atoms with Crippen LogP contribution in [0.15, 0.2) is 46.1 Å². The lowest BCUT2D eigenvalue weighted by Gasteiger charge is -2.13. The van der Waals surface area contributed by atoms with Crippen molar-refractivity contribution in [2.75, 3.05) is 0 Å². The fourth-order valence-corrected chi connectivity index (χ4v) is 2.52. The lowest BCUT2D eigenvalue weighted by Crippen LogP contribution is -2.38. The Hall–Kier alpha value is -3.29. The summed E-state index contributed by atoms with van der Waals surface area (Å²) < 4.78 is 2.18. The third-order valence-corrected chi connectivity index (χ3v) is 3.73. The number of nitrogens with zero attached hydrogens (tertiary/aromatic N) is 4. The summed E-state index contributed by atoms with van der Waals surface area (Å²) in [6.07, 6.45) is 1.46. The topological polar surface area (TPSA) is 100 Å². The van der Waals surface area contributed by atoms with Crippen molar-refractivity contribution in [3.05, 3.63) is 73.0 Å². The highest BCUT2D eigenvalue weighted by Crippen LogP contribution is 2.24.